The minimum atomic E-state index is -0.642. The van der Waals surface area contributed by atoms with Crippen molar-refractivity contribution in [2.24, 2.45) is 5.92 Å². The Morgan fingerprint density at radius 3 is 2.88 bits per heavy atom. The van der Waals surface area contributed by atoms with Crippen LogP contribution in [0, 0.1) is 5.92 Å². The minimum Gasteiger partial charge on any atom is -0.443 e. The van der Waals surface area contributed by atoms with Gasteiger partial charge in [0.05, 0.1) is 5.69 Å². The summed E-state index contributed by atoms with van der Waals surface area (Å²) in [4.78, 5) is 39.3. The molecular weight excluding hydrogens is 310 g/mol. The van der Waals surface area contributed by atoms with Gasteiger partial charge in [-0.05, 0) is 25.0 Å². The van der Waals surface area contributed by atoms with E-state index in [-0.39, 0.29) is 24.1 Å². The molecule has 7 heteroatoms. The molecule has 24 heavy (non-hydrogen) atoms. The van der Waals surface area contributed by atoms with Gasteiger partial charge in [-0.15, -0.1) is 0 Å². The van der Waals surface area contributed by atoms with E-state index < -0.39 is 12.1 Å². The number of aromatic nitrogens is 1. The van der Waals surface area contributed by atoms with E-state index in [4.69, 9.17) is 4.74 Å². The first-order chi connectivity index (χ1) is 11.6. The lowest BCUT2D eigenvalue weighted by atomic mass is 10.00. The van der Waals surface area contributed by atoms with Gasteiger partial charge in [0.25, 0.3) is 0 Å². The molecule has 1 saturated heterocycles. The summed E-state index contributed by atoms with van der Waals surface area (Å²) in [5.41, 5.74) is 0.682. The molecule has 2 rings (SSSR count). The first kappa shape index (κ1) is 18.1. The molecule has 2 atom stereocenters. The summed E-state index contributed by atoms with van der Waals surface area (Å²) in [7, 11) is 0. The van der Waals surface area contributed by atoms with Crippen LogP contribution in [0.4, 0.5) is 4.79 Å². The molecule has 130 valence electrons. The van der Waals surface area contributed by atoms with E-state index in [1.807, 2.05) is 13.0 Å². The van der Waals surface area contributed by atoms with Crippen molar-refractivity contribution in [2.45, 2.75) is 38.8 Å². The van der Waals surface area contributed by atoms with Crippen LogP contribution in [0.5, 0.6) is 0 Å². The maximum atomic E-state index is 12.0. The number of nitrogens with zero attached hydrogens (tertiary/aromatic N) is 1. The van der Waals surface area contributed by atoms with E-state index in [1.54, 1.807) is 18.3 Å². The summed E-state index contributed by atoms with van der Waals surface area (Å²) in [5.74, 6) is -0.173. The highest BCUT2D eigenvalue weighted by molar-refractivity contribution is 6.08. The van der Waals surface area contributed by atoms with Gasteiger partial charge in [-0.25, -0.2) is 4.79 Å². The number of ether oxygens (including phenoxy) is 1. The van der Waals surface area contributed by atoms with Crippen LogP contribution in [0.15, 0.2) is 24.4 Å². The number of nitrogens with one attached hydrogen (secondary N) is 2. The van der Waals surface area contributed by atoms with Crippen molar-refractivity contribution in [3.05, 3.63) is 30.1 Å². The van der Waals surface area contributed by atoms with Gasteiger partial charge in [-0.2, -0.15) is 0 Å². The summed E-state index contributed by atoms with van der Waals surface area (Å²) in [5, 5.41) is 5.58. The molecule has 2 heterocycles. The second kappa shape index (κ2) is 9.12. The van der Waals surface area contributed by atoms with E-state index >= 15 is 0 Å². The number of pyridine rings is 1. The predicted octanol–water partition coefficient (Wildman–Crippen LogP) is 1.22. The van der Waals surface area contributed by atoms with Gasteiger partial charge in [0.1, 0.15) is 12.6 Å². The molecule has 1 aliphatic rings. The summed E-state index contributed by atoms with van der Waals surface area (Å²) < 4.78 is 5.03. The topological polar surface area (TPSA) is 97.4 Å². The van der Waals surface area contributed by atoms with Crippen molar-refractivity contribution in [2.75, 3.05) is 13.1 Å². The van der Waals surface area contributed by atoms with Crippen LogP contribution in [-0.4, -0.2) is 41.8 Å². The fraction of sp³-hybridized carbons (Fsp3) is 0.529. The largest absolute Gasteiger partial charge is 0.443 e. The number of amides is 1. The molecule has 1 amide bonds. The molecule has 1 aromatic heterocycles. The normalized spacial score (nSPS) is 20.0. The molecule has 0 radical (unpaired) electrons. The number of carbonyl (C=O) groups excluding carboxylic acids is 3. The lowest BCUT2D eigenvalue weighted by Crippen LogP contribution is -2.36. The number of hydrogen-bond acceptors (Lipinski definition) is 6. The van der Waals surface area contributed by atoms with Crippen LogP contribution in [0.3, 0.4) is 0 Å². The minimum absolute atomic E-state index is 0.0174. The number of rotatable bonds is 8. The zero-order chi connectivity index (χ0) is 17.4. The van der Waals surface area contributed by atoms with E-state index in [0.717, 1.165) is 0 Å². The number of Topliss-reactive ketones (excluding diaryl/α,β-unsaturated/α-hetero) is 2. The van der Waals surface area contributed by atoms with Crippen molar-refractivity contribution in [1.82, 2.24) is 15.6 Å². The lowest BCUT2D eigenvalue weighted by Gasteiger charge is -2.09. The summed E-state index contributed by atoms with van der Waals surface area (Å²) in [6.45, 7) is 2.94. The van der Waals surface area contributed by atoms with Crippen LogP contribution in [0.2, 0.25) is 0 Å². The number of alkyl carbamates (subject to hydrolysis) is 1. The van der Waals surface area contributed by atoms with Gasteiger partial charge >= 0.3 is 6.09 Å². The molecular formula is C17H23N3O4. The SMILES string of the molecule is CC1CN[C@@H](C(=O)CCCCNC(=O)OCc2ccccn2)C1=O. The predicted molar refractivity (Wildman–Crippen MR) is 87.2 cm³/mol. The van der Waals surface area contributed by atoms with Crippen molar-refractivity contribution in [3.8, 4) is 0 Å². The zero-order valence-corrected chi connectivity index (χ0v) is 13.8. The van der Waals surface area contributed by atoms with E-state index in [0.29, 0.717) is 38.0 Å². The smallest absolute Gasteiger partial charge is 0.407 e. The second-order valence-corrected chi connectivity index (χ2v) is 5.89. The summed E-state index contributed by atoms with van der Waals surface area (Å²) in [6.07, 6.45) is 2.74. The third kappa shape index (κ3) is 5.42. The average Bonchev–Trinajstić information content (AvgIpc) is 2.93. The van der Waals surface area contributed by atoms with Gasteiger partial charge < -0.3 is 15.4 Å². The lowest BCUT2D eigenvalue weighted by molar-refractivity contribution is -0.129. The Hall–Kier alpha value is -2.28. The quantitative estimate of drug-likeness (QED) is 0.548. The van der Waals surface area contributed by atoms with E-state index in [2.05, 4.69) is 15.6 Å². The monoisotopic (exact) mass is 333 g/mol. The van der Waals surface area contributed by atoms with Crippen molar-refractivity contribution >= 4 is 17.7 Å². The molecule has 0 aromatic carbocycles. The third-order valence-electron chi connectivity index (χ3n) is 3.92. The highest BCUT2D eigenvalue weighted by Crippen LogP contribution is 2.12. The van der Waals surface area contributed by atoms with E-state index in [9.17, 15) is 14.4 Å². The van der Waals surface area contributed by atoms with Gasteiger partial charge in [-0.1, -0.05) is 13.0 Å². The van der Waals surface area contributed by atoms with Crippen LogP contribution in [-0.2, 0) is 20.9 Å². The van der Waals surface area contributed by atoms with Gasteiger partial charge in [0.2, 0.25) is 0 Å². The maximum Gasteiger partial charge on any atom is 0.407 e. The Bertz CT molecular complexity index is 576. The Balaban J connectivity index is 1.54. The molecule has 1 aliphatic heterocycles. The Labute approximate surface area is 141 Å². The van der Waals surface area contributed by atoms with Crippen LogP contribution < -0.4 is 10.6 Å². The molecule has 7 nitrogen and oxygen atoms in total. The highest BCUT2D eigenvalue weighted by Gasteiger charge is 2.34. The van der Waals surface area contributed by atoms with E-state index in [1.165, 1.54) is 0 Å². The van der Waals surface area contributed by atoms with Gasteiger partial charge in [0.15, 0.2) is 11.6 Å². The average molecular weight is 333 g/mol. The Kier molecular flexibility index (Phi) is 6.87. The fourth-order valence-electron chi connectivity index (χ4n) is 2.49. The summed E-state index contributed by atoms with van der Waals surface area (Å²) in [6, 6.07) is 4.75. The van der Waals surface area contributed by atoms with Crippen LogP contribution in [0.1, 0.15) is 31.9 Å². The second-order valence-electron chi connectivity index (χ2n) is 5.89. The van der Waals surface area contributed by atoms with Crippen LogP contribution in [0.25, 0.3) is 0 Å². The standard InChI is InChI=1S/C17H23N3O4/c1-12-10-20-15(16(12)22)14(21)7-3-5-9-19-17(23)24-11-13-6-2-4-8-18-13/h2,4,6,8,12,15,20H,3,5,7,9-11H2,1H3,(H,19,23)/t12?,15-/m0/s1. The zero-order valence-electron chi connectivity index (χ0n) is 13.8. The molecule has 1 unspecified atom stereocenters. The molecule has 2 N–H and O–H groups in total. The first-order valence-corrected chi connectivity index (χ1v) is 8.18. The fourth-order valence-corrected chi connectivity index (χ4v) is 2.49. The molecule has 0 aliphatic carbocycles. The number of unbranched alkanes of at least 4 members (excludes halogenated alkanes) is 1. The van der Waals surface area contributed by atoms with Gasteiger partial charge in [-0.3, -0.25) is 14.6 Å². The Morgan fingerprint density at radius 1 is 1.38 bits per heavy atom. The first-order valence-electron chi connectivity index (χ1n) is 8.18. The van der Waals surface area contributed by atoms with Crippen LogP contribution >= 0.6 is 0 Å². The summed E-state index contributed by atoms with van der Waals surface area (Å²) >= 11 is 0. The molecule has 0 spiro atoms. The van der Waals surface area contributed by atoms with Gasteiger partial charge in [0, 0.05) is 31.6 Å². The molecule has 1 aromatic rings. The van der Waals surface area contributed by atoms with Crippen molar-refractivity contribution in [1.29, 1.82) is 0 Å². The molecule has 1 fully saturated rings. The number of carbonyl (C=O) groups is 3. The molecule has 0 saturated carbocycles. The number of hydrogen-bond donors (Lipinski definition) is 2. The highest BCUT2D eigenvalue weighted by atomic mass is 16.5. The maximum absolute atomic E-state index is 12.0. The molecule has 0 bridgehead atoms. The number of ketones is 2. The Morgan fingerprint density at radius 2 is 2.21 bits per heavy atom. The van der Waals surface area contributed by atoms with Crippen molar-refractivity contribution < 1.29 is 19.1 Å². The van der Waals surface area contributed by atoms with Crippen molar-refractivity contribution in [3.63, 3.8) is 0 Å². The third-order valence-corrected chi connectivity index (χ3v) is 3.92.